The minimum absolute atomic E-state index is 0.0468. The predicted octanol–water partition coefficient (Wildman–Crippen LogP) is 2.75. The molecule has 0 spiro atoms. The van der Waals surface area contributed by atoms with Gasteiger partial charge in [0, 0.05) is 5.56 Å². The molecule has 2 N–H and O–H groups in total. The molecule has 1 aliphatic rings. The van der Waals surface area contributed by atoms with Crippen LogP contribution in [-0.4, -0.2) is 27.7 Å². The summed E-state index contributed by atoms with van der Waals surface area (Å²) in [6.45, 7) is 0.656. The van der Waals surface area contributed by atoms with Gasteiger partial charge < -0.3 is 9.84 Å². The van der Waals surface area contributed by atoms with Crippen LogP contribution in [0.3, 0.4) is 0 Å². The Morgan fingerprint density at radius 3 is 2.54 bits per heavy atom. The lowest BCUT2D eigenvalue weighted by Gasteiger charge is -2.07. The van der Waals surface area contributed by atoms with Gasteiger partial charge in [-0.1, -0.05) is 36.4 Å². The summed E-state index contributed by atoms with van der Waals surface area (Å²) in [5.41, 5.74) is 7.39. The minimum atomic E-state index is 0.0468. The highest BCUT2D eigenvalue weighted by Gasteiger charge is 2.21. The molecule has 0 unspecified atom stereocenters. The Kier molecular flexibility index (Phi) is 4.41. The zero-order valence-electron chi connectivity index (χ0n) is 14.5. The third-order valence-electron chi connectivity index (χ3n) is 4.45. The quantitative estimate of drug-likeness (QED) is 0.744. The summed E-state index contributed by atoms with van der Waals surface area (Å²) < 4.78 is 7.15. The first-order chi connectivity index (χ1) is 12.8. The van der Waals surface area contributed by atoms with E-state index in [0.717, 1.165) is 39.8 Å². The number of rotatable bonds is 5. The average molecular weight is 348 g/mol. The number of hydrogen-bond acceptors (Lipinski definition) is 4. The number of benzene rings is 2. The second-order valence-corrected chi connectivity index (χ2v) is 6.15. The van der Waals surface area contributed by atoms with Crippen molar-refractivity contribution in [2.75, 3.05) is 12.5 Å². The third-order valence-corrected chi connectivity index (χ3v) is 4.45. The van der Waals surface area contributed by atoms with Crippen LogP contribution in [0.1, 0.15) is 17.0 Å². The van der Waals surface area contributed by atoms with Crippen LogP contribution in [0.5, 0.6) is 5.75 Å². The van der Waals surface area contributed by atoms with Gasteiger partial charge in [0.05, 0.1) is 38.6 Å². The van der Waals surface area contributed by atoms with Crippen molar-refractivity contribution >= 4 is 5.84 Å². The number of hydrogen-bond donors (Lipinski definition) is 2. The van der Waals surface area contributed by atoms with Crippen LogP contribution in [0.4, 0.5) is 0 Å². The second-order valence-electron chi connectivity index (χ2n) is 6.15. The van der Waals surface area contributed by atoms with Crippen molar-refractivity contribution < 1.29 is 9.84 Å². The summed E-state index contributed by atoms with van der Waals surface area (Å²) in [7, 11) is 1.66. The summed E-state index contributed by atoms with van der Waals surface area (Å²) >= 11 is 0. The largest absolute Gasteiger partial charge is 0.497 e. The zero-order chi connectivity index (χ0) is 17.9. The van der Waals surface area contributed by atoms with Gasteiger partial charge in [-0.2, -0.15) is 0 Å². The van der Waals surface area contributed by atoms with Gasteiger partial charge in [-0.3, -0.25) is 10.4 Å². The van der Waals surface area contributed by atoms with Crippen molar-refractivity contribution in [3.63, 3.8) is 0 Å². The Balaban J connectivity index is 1.49. The Labute approximate surface area is 151 Å². The monoisotopic (exact) mass is 348 g/mol. The van der Waals surface area contributed by atoms with E-state index >= 15 is 0 Å². The van der Waals surface area contributed by atoms with Crippen LogP contribution in [0.25, 0.3) is 11.3 Å². The van der Waals surface area contributed by atoms with E-state index in [4.69, 9.17) is 4.74 Å². The standard InChI is InChI=1S/C20H20N4O2/c1-26-17-8-4-14(5-9-17)11-21-19-10-20-22-12-18(24(20)23-19)16-6-2-15(13-25)3-7-16/h2-9,12,25H,10-11,13H2,1H3,(H,21,23). The molecule has 2 aromatic carbocycles. The van der Waals surface area contributed by atoms with Gasteiger partial charge in [-0.15, -0.1) is 0 Å². The fourth-order valence-electron chi connectivity index (χ4n) is 2.95. The number of ether oxygens (including phenoxy) is 1. The van der Waals surface area contributed by atoms with Gasteiger partial charge >= 0.3 is 0 Å². The lowest BCUT2D eigenvalue weighted by Crippen LogP contribution is -2.16. The zero-order valence-corrected chi connectivity index (χ0v) is 14.5. The Morgan fingerprint density at radius 1 is 1.12 bits per heavy atom. The number of aromatic nitrogens is 2. The lowest BCUT2D eigenvalue weighted by atomic mass is 10.1. The van der Waals surface area contributed by atoms with Crippen molar-refractivity contribution in [3.05, 3.63) is 71.7 Å². The summed E-state index contributed by atoms with van der Waals surface area (Å²) in [6, 6.07) is 15.7. The maximum Gasteiger partial charge on any atom is 0.136 e. The maximum absolute atomic E-state index is 9.18. The van der Waals surface area contributed by atoms with Crippen molar-refractivity contribution in [1.82, 2.24) is 9.66 Å². The SMILES string of the molecule is COc1ccc(CN=C2Cc3ncc(-c4ccc(CO)cc4)n3N2)cc1. The fraction of sp³-hybridized carbons (Fsp3) is 0.200. The van der Waals surface area contributed by atoms with Crippen LogP contribution in [-0.2, 0) is 19.6 Å². The molecule has 1 aromatic heterocycles. The molecule has 26 heavy (non-hydrogen) atoms. The number of nitrogens with one attached hydrogen (secondary N) is 1. The van der Waals surface area contributed by atoms with Crippen molar-refractivity contribution in [2.45, 2.75) is 19.6 Å². The second kappa shape index (κ2) is 7.01. The number of fused-ring (bicyclic) bond motifs is 1. The van der Waals surface area contributed by atoms with Crippen LogP contribution >= 0.6 is 0 Å². The number of methoxy groups -OCH3 is 1. The summed E-state index contributed by atoms with van der Waals surface area (Å²) in [4.78, 5) is 9.17. The Hall–Kier alpha value is -3.12. The van der Waals surface area contributed by atoms with E-state index in [1.165, 1.54) is 0 Å². The molecule has 6 nitrogen and oxygen atoms in total. The fourth-order valence-corrected chi connectivity index (χ4v) is 2.95. The molecule has 4 rings (SSSR count). The molecule has 132 valence electrons. The maximum atomic E-state index is 9.18. The van der Waals surface area contributed by atoms with E-state index in [2.05, 4.69) is 15.4 Å². The smallest absolute Gasteiger partial charge is 0.136 e. The number of nitrogens with zero attached hydrogens (tertiary/aromatic N) is 3. The van der Waals surface area contributed by atoms with Crippen LogP contribution in [0, 0.1) is 0 Å². The van der Waals surface area contributed by atoms with Gasteiger partial charge in [0.15, 0.2) is 0 Å². The van der Waals surface area contributed by atoms with Gasteiger partial charge in [0.2, 0.25) is 0 Å². The number of imidazole rings is 1. The van der Waals surface area contributed by atoms with Crippen molar-refractivity contribution in [3.8, 4) is 17.0 Å². The molecular weight excluding hydrogens is 328 g/mol. The van der Waals surface area contributed by atoms with Crippen LogP contribution < -0.4 is 10.2 Å². The van der Waals surface area contributed by atoms with Gasteiger partial charge in [0.25, 0.3) is 0 Å². The first-order valence-electron chi connectivity index (χ1n) is 8.47. The molecule has 0 bridgehead atoms. The van der Waals surface area contributed by atoms with E-state index in [1.807, 2.05) is 59.4 Å². The molecule has 0 radical (unpaired) electrons. The number of aliphatic hydroxyl groups excluding tert-OH is 1. The van der Waals surface area contributed by atoms with E-state index in [9.17, 15) is 5.11 Å². The Morgan fingerprint density at radius 2 is 1.85 bits per heavy atom. The van der Waals surface area contributed by atoms with E-state index < -0.39 is 0 Å². The molecule has 3 aromatic rings. The van der Waals surface area contributed by atoms with Crippen LogP contribution in [0.15, 0.2) is 59.7 Å². The van der Waals surface area contributed by atoms with E-state index in [0.29, 0.717) is 13.0 Å². The summed E-state index contributed by atoms with van der Waals surface area (Å²) in [5.74, 6) is 2.69. The van der Waals surface area contributed by atoms with Gasteiger partial charge in [-0.05, 0) is 23.3 Å². The molecular formula is C20H20N4O2. The summed E-state index contributed by atoms with van der Waals surface area (Å²) in [5, 5.41) is 9.18. The highest BCUT2D eigenvalue weighted by Crippen LogP contribution is 2.23. The highest BCUT2D eigenvalue weighted by molar-refractivity contribution is 5.94. The minimum Gasteiger partial charge on any atom is -0.497 e. The highest BCUT2D eigenvalue weighted by atomic mass is 16.5. The normalized spacial score (nSPS) is 14.3. The van der Waals surface area contributed by atoms with Gasteiger partial charge in [-0.25, -0.2) is 9.66 Å². The third kappa shape index (κ3) is 3.19. The first kappa shape index (κ1) is 16.4. The number of amidine groups is 1. The predicted molar refractivity (Wildman–Crippen MR) is 101 cm³/mol. The Bertz CT molecular complexity index is 927. The molecule has 1 aliphatic heterocycles. The number of aliphatic hydroxyl groups is 1. The van der Waals surface area contributed by atoms with Gasteiger partial charge in [0.1, 0.15) is 17.4 Å². The lowest BCUT2D eigenvalue weighted by molar-refractivity contribution is 0.282. The van der Waals surface area contributed by atoms with Crippen molar-refractivity contribution in [1.29, 1.82) is 0 Å². The molecule has 2 heterocycles. The molecule has 0 fully saturated rings. The first-order valence-corrected chi connectivity index (χ1v) is 8.47. The molecule has 0 amide bonds. The van der Waals surface area contributed by atoms with Crippen molar-refractivity contribution in [2.24, 2.45) is 4.99 Å². The molecule has 0 saturated heterocycles. The van der Waals surface area contributed by atoms with Crippen LogP contribution in [0.2, 0.25) is 0 Å². The van der Waals surface area contributed by atoms with E-state index in [-0.39, 0.29) is 6.61 Å². The van der Waals surface area contributed by atoms with E-state index in [1.54, 1.807) is 7.11 Å². The number of aliphatic imine (C=N–C) groups is 1. The average Bonchev–Trinajstić information content (AvgIpc) is 3.27. The topological polar surface area (TPSA) is 71.7 Å². The molecule has 0 saturated carbocycles. The summed E-state index contributed by atoms with van der Waals surface area (Å²) in [6.07, 6.45) is 2.54. The molecule has 6 heteroatoms. The molecule has 0 atom stereocenters. The molecule has 0 aliphatic carbocycles.